The van der Waals surface area contributed by atoms with E-state index < -0.39 is 0 Å². The average Bonchev–Trinajstić information content (AvgIpc) is 3.21. The minimum absolute atomic E-state index is 0.0242. The van der Waals surface area contributed by atoms with Crippen molar-refractivity contribution in [2.24, 2.45) is 0 Å². The van der Waals surface area contributed by atoms with E-state index in [4.69, 9.17) is 4.98 Å². The van der Waals surface area contributed by atoms with Crippen molar-refractivity contribution >= 4 is 22.4 Å². The molecule has 3 aromatic heterocycles. The predicted molar refractivity (Wildman–Crippen MR) is 109 cm³/mol. The molecule has 1 saturated heterocycles. The highest BCUT2D eigenvalue weighted by atomic mass is 32.1. The van der Waals surface area contributed by atoms with Crippen LogP contribution in [-0.4, -0.2) is 50.4 Å². The van der Waals surface area contributed by atoms with Crippen LogP contribution < -0.4 is 5.32 Å². The van der Waals surface area contributed by atoms with Crippen LogP contribution in [0.15, 0.2) is 42.3 Å². The van der Waals surface area contributed by atoms with E-state index in [-0.39, 0.29) is 11.8 Å². The van der Waals surface area contributed by atoms with Gasteiger partial charge in [-0.3, -0.25) is 14.7 Å². The first kappa shape index (κ1) is 18.6. The number of aryl methyl sites for hydroxylation is 1. The normalized spacial score (nSPS) is 17.4. The molecule has 0 radical (unpaired) electrons. The van der Waals surface area contributed by atoms with Gasteiger partial charge in [0.25, 0.3) is 0 Å². The minimum Gasteiger partial charge on any atom is -0.301 e. The third kappa shape index (κ3) is 4.40. The molecular weight excluding hydrogens is 372 g/mol. The smallest absolute Gasteiger partial charge is 0.240 e. The Morgan fingerprint density at radius 2 is 2.14 bits per heavy atom. The number of anilines is 1. The molecule has 1 aliphatic rings. The molecule has 1 aliphatic heterocycles. The molecule has 0 aliphatic carbocycles. The van der Waals surface area contributed by atoms with Crippen molar-refractivity contribution in [1.29, 1.82) is 0 Å². The predicted octanol–water partition coefficient (Wildman–Crippen LogP) is 3.12. The lowest BCUT2D eigenvalue weighted by Crippen LogP contribution is -2.40. The molecule has 144 valence electrons. The molecule has 0 bridgehead atoms. The van der Waals surface area contributed by atoms with Gasteiger partial charge in [-0.05, 0) is 44.0 Å². The van der Waals surface area contributed by atoms with E-state index in [1.165, 1.54) is 11.3 Å². The van der Waals surface area contributed by atoms with E-state index in [0.717, 1.165) is 48.6 Å². The number of rotatable bonds is 5. The fourth-order valence-corrected chi connectivity index (χ4v) is 4.17. The van der Waals surface area contributed by atoms with E-state index in [0.29, 0.717) is 11.7 Å². The Morgan fingerprint density at radius 1 is 1.29 bits per heavy atom. The van der Waals surface area contributed by atoms with E-state index in [1.54, 1.807) is 18.6 Å². The molecule has 4 rings (SSSR count). The van der Waals surface area contributed by atoms with E-state index in [1.807, 2.05) is 30.6 Å². The molecule has 0 spiro atoms. The number of aromatic nitrogens is 4. The number of thiazole rings is 1. The zero-order chi connectivity index (χ0) is 19.3. The maximum absolute atomic E-state index is 12.3. The molecule has 1 unspecified atom stereocenters. The van der Waals surface area contributed by atoms with Crippen LogP contribution in [0, 0.1) is 6.92 Å². The number of carbonyl (C=O) groups is 1. The summed E-state index contributed by atoms with van der Waals surface area (Å²) in [7, 11) is 0. The Hall–Kier alpha value is -2.71. The van der Waals surface area contributed by atoms with Gasteiger partial charge >= 0.3 is 0 Å². The molecular formula is C20H22N6OS. The van der Waals surface area contributed by atoms with Crippen LogP contribution in [-0.2, 0) is 4.79 Å². The molecule has 1 amide bonds. The Balaban J connectivity index is 1.50. The molecule has 1 atom stereocenters. The Morgan fingerprint density at radius 3 is 2.93 bits per heavy atom. The van der Waals surface area contributed by atoms with E-state index in [2.05, 4.69) is 25.2 Å². The van der Waals surface area contributed by atoms with Crippen LogP contribution in [0.3, 0.4) is 0 Å². The van der Waals surface area contributed by atoms with Gasteiger partial charge in [0, 0.05) is 48.2 Å². The number of hydrogen-bond donors (Lipinski definition) is 1. The number of nitrogens with zero attached hydrogens (tertiary/aromatic N) is 5. The number of carbonyl (C=O) groups excluding carboxylic acids is 1. The minimum atomic E-state index is -0.0242. The van der Waals surface area contributed by atoms with Crippen molar-refractivity contribution in [2.45, 2.75) is 25.7 Å². The Bertz CT molecular complexity index is 931. The van der Waals surface area contributed by atoms with Crippen LogP contribution in [0.4, 0.5) is 5.13 Å². The van der Waals surface area contributed by atoms with Crippen LogP contribution in [0.25, 0.3) is 11.1 Å². The summed E-state index contributed by atoms with van der Waals surface area (Å²) in [5.41, 5.74) is 3.18. The van der Waals surface area contributed by atoms with Gasteiger partial charge in [-0.25, -0.2) is 15.0 Å². The molecule has 8 heteroatoms. The molecule has 7 nitrogen and oxygen atoms in total. The zero-order valence-electron chi connectivity index (χ0n) is 15.7. The van der Waals surface area contributed by atoms with Crippen LogP contribution >= 0.6 is 11.3 Å². The van der Waals surface area contributed by atoms with Crippen molar-refractivity contribution in [2.75, 3.05) is 25.0 Å². The summed E-state index contributed by atoms with van der Waals surface area (Å²) in [4.78, 5) is 32.0. The van der Waals surface area contributed by atoms with Crippen molar-refractivity contribution in [3.05, 3.63) is 53.8 Å². The monoisotopic (exact) mass is 394 g/mol. The standard InChI is InChI=1S/C20H22N6OS/c1-14-23-11-17(15-4-6-21-7-5-15)19(24-14)16-3-2-9-26(12-16)13-18(27)25-20-22-8-10-28-20/h4-8,10-11,16H,2-3,9,12-13H2,1H3,(H,22,25,27). The number of amides is 1. The molecule has 1 N–H and O–H groups in total. The largest absolute Gasteiger partial charge is 0.301 e. The first-order valence-corrected chi connectivity index (χ1v) is 10.2. The Labute approximate surface area is 167 Å². The first-order chi connectivity index (χ1) is 13.7. The fraction of sp³-hybridized carbons (Fsp3) is 0.350. The molecule has 4 heterocycles. The van der Waals surface area contributed by atoms with E-state index in [9.17, 15) is 4.79 Å². The highest BCUT2D eigenvalue weighted by Crippen LogP contribution is 2.32. The van der Waals surface area contributed by atoms with Gasteiger partial charge < -0.3 is 5.32 Å². The van der Waals surface area contributed by atoms with Crippen molar-refractivity contribution in [1.82, 2.24) is 24.8 Å². The second-order valence-corrected chi connectivity index (χ2v) is 7.81. The quantitative estimate of drug-likeness (QED) is 0.716. The van der Waals surface area contributed by atoms with Gasteiger partial charge in [-0.2, -0.15) is 0 Å². The van der Waals surface area contributed by atoms with Gasteiger partial charge in [0.1, 0.15) is 5.82 Å². The van der Waals surface area contributed by atoms with Crippen molar-refractivity contribution in [3.63, 3.8) is 0 Å². The molecule has 28 heavy (non-hydrogen) atoms. The van der Waals surface area contributed by atoms with Gasteiger partial charge in [-0.1, -0.05) is 0 Å². The topological polar surface area (TPSA) is 83.9 Å². The molecule has 1 fully saturated rings. The maximum Gasteiger partial charge on any atom is 0.240 e. The third-order valence-electron chi connectivity index (χ3n) is 4.87. The highest BCUT2D eigenvalue weighted by Gasteiger charge is 2.26. The number of piperidine rings is 1. The SMILES string of the molecule is Cc1ncc(-c2ccncc2)c(C2CCCN(CC(=O)Nc3nccs3)C2)n1. The summed E-state index contributed by atoms with van der Waals surface area (Å²) in [6, 6.07) is 3.97. The van der Waals surface area contributed by atoms with Crippen LogP contribution in [0.1, 0.15) is 30.3 Å². The maximum atomic E-state index is 12.3. The average molecular weight is 395 g/mol. The third-order valence-corrected chi connectivity index (χ3v) is 5.56. The second kappa shape index (κ2) is 8.53. The van der Waals surface area contributed by atoms with Crippen molar-refractivity contribution in [3.8, 4) is 11.1 Å². The Kier molecular flexibility index (Phi) is 5.68. The van der Waals surface area contributed by atoms with Gasteiger partial charge in [0.2, 0.25) is 5.91 Å². The lowest BCUT2D eigenvalue weighted by atomic mass is 9.90. The summed E-state index contributed by atoms with van der Waals surface area (Å²) in [6.07, 6.45) is 9.26. The summed E-state index contributed by atoms with van der Waals surface area (Å²) in [5.74, 6) is 1.02. The first-order valence-electron chi connectivity index (χ1n) is 9.34. The van der Waals surface area contributed by atoms with Gasteiger partial charge in [0.15, 0.2) is 5.13 Å². The number of pyridine rings is 1. The fourth-order valence-electron chi connectivity index (χ4n) is 3.62. The molecule has 0 saturated carbocycles. The van der Waals surface area contributed by atoms with Crippen LogP contribution in [0.2, 0.25) is 0 Å². The number of nitrogens with one attached hydrogen (secondary N) is 1. The highest BCUT2D eigenvalue weighted by molar-refractivity contribution is 7.13. The lowest BCUT2D eigenvalue weighted by molar-refractivity contribution is -0.117. The second-order valence-electron chi connectivity index (χ2n) is 6.91. The van der Waals surface area contributed by atoms with Gasteiger partial charge in [-0.15, -0.1) is 11.3 Å². The number of hydrogen-bond acceptors (Lipinski definition) is 7. The number of likely N-dealkylation sites (tertiary alicyclic amines) is 1. The van der Waals surface area contributed by atoms with Crippen molar-refractivity contribution < 1.29 is 4.79 Å². The molecule has 3 aromatic rings. The van der Waals surface area contributed by atoms with Gasteiger partial charge in [0.05, 0.1) is 12.2 Å². The summed E-state index contributed by atoms with van der Waals surface area (Å²) >= 11 is 1.43. The lowest BCUT2D eigenvalue weighted by Gasteiger charge is -2.32. The van der Waals surface area contributed by atoms with Crippen LogP contribution in [0.5, 0.6) is 0 Å². The van der Waals surface area contributed by atoms with E-state index >= 15 is 0 Å². The summed E-state index contributed by atoms with van der Waals surface area (Å²) in [6.45, 7) is 4.00. The summed E-state index contributed by atoms with van der Waals surface area (Å²) < 4.78 is 0. The zero-order valence-corrected chi connectivity index (χ0v) is 16.5. The molecule has 0 aromatic carbocycles. The summed E-state index contributed by atoms with van der Waals surface area (Å²) in [5, 5.41) is 5.36.